The average molecular weight is 431 g/mol. The van der Waals surface area contributed by atoms with E-state index in [0.29, 0.717) is 12.5 Å². The summed E-state index contributed by atoms with van der Waals surface area (Å²) in [5.41, 5.74) is 1.54. The van der Waals surface area contributed by atoms with Gasteiger partial charge in [0.1, 0.15) is 22.4 Å². The van der Waals surface area contributed by atoms with Crippen molar-refractivity contribution in [3.8, 4) is 16.3 Å². The van der Waals surface area contributed by atoms with Gasteiger partial charge in [-0.15, -0.1) is 11.3 Å². The number of hydrogen-bond donors (Lipinski definition) is 2. The van der Waals surface area contributed by atoms with Gasteiger partial charge in [0, 0.05) is 29.5 Å². The highest BCUT2D eigenvalue weighted by Crippen LogP contribution is 2.29. The smallest absolute Gasteiger partial charge is 0.313 e. The van der Waals surface area contributed by atoms with E-state index in [1.165, 1.54) is 11.3 Å². The van der Waals surface area contributed by atoms with Gasteiger partial charge in [-0.2, -0.15) is 0 Å². The lowest BCUT2D eigenvalue weighted by molar-refractivity contribution is -0.136. The third-order valence-corrected chi connectivity index (χ3v) is 5.52. The number of thiazole rings is 1. The van der Waals surface area contributed by atoms with Crippen LogP contribution in [0.2, 0.25) is 0 Å². The predicted octanol–water partition coefficient (Wildman–Crippen LogP) is 3.70. The standard InChI is InChI=1S/C21H19F2N3O3S/c1-12-18(30-21(25-12)13-3-6-15(29-2)7-4-13)9-10-24-19(27)20(28)26-17-8-5-14(22)11-16(17)23/h3-8,11H,9-10H2,1-2H3,(H,24,27)(H,26,28). The largest absolute Gasteiger partial charge is 0.497 e. The van der Waals surface area contributed by atoms with Gasteiger partial charge in [-0.25, -0.2) is 13.8 Å². The van der Waals surface area contributed by atoms with E-state index in [1.807, 2.05) is 31.2 Å². The maximum atomic E-state index is 13.6. The van der Waals surface area contributed by atoms with E-state index in [9.17, 15) is 18.4 Å². The quantitative estimate of drug-likeness (QED) is 0.584. The van der Waals surface area contributed by atoms with Gasteiger partial charge < -0.3 is 15.4 Å². The molecule has 156 valence electrons. The summed E-state index contributed by atoms with van der Waals surface area (Å²) >= 11 is 1.50. The highest BCUT2D eigenvalue weighted by molar-refractivity contribution is 7.15. The number of carbonyl (C=O) groups is 2. The van der Waals surface area contributed by atoms with E-state index in [2.05, 4.69) is 15.6 Å². The molecule has 0 aliphatic rings. The molecule has 0 aliphatic heterocycles. The number of methoxy groups -OCH3 is 1. The number of nitrogens with zero attached hydrogens (tertiary/aromatic N) is 1. The molecule has 3 rings (SSSR count). The van der Waals surface area contributed by atoms with Crippen LogP contribution in [-0.4, -0.2) is 30.5 Å². The normalized spacial score (nSPS) is 10.5. The number of aryl methyl sites for hydroxylation is 1. The van der Waals surface area contributed by atoms with Crippen LogP contribution in [0.1, 0.15) is 10.6 Å². The van der Waals surface area contributed by atoms with Crippen LogP contribution in [0.3, 0.4) is 0 Å². The van der Waals surface area contributed by atoms with E-state index in [0.717, 1.165) is 39.0 Å². The van der Waals surface area contributed by atoms with Crippen molar-refractivity contribution < 1.29 is 23.1 Å². The molecule has 0 spiro atoms. The molecule has 2 N–H and O–H groups in total. The zero-order chi connectivity index (χ0) is 21.7. The summed E-state index contributed by atoms with van der Waals surface area (Å²) in [5, 5.41) is 5.46. The molecule has 0 aliphatic carbocycles. The molecule has 30 heavy (non-hydrogen) atoms. The van der Waals surface area contributed by atoms with Crippen molar-refractivity contribution in [2.24, 2.45) is 0 Å². The Hall–Kier alpha value is -3.33. The molecule has 0 bridgehead atoms. The Labute approximate surface area is 175 Å². The van der Waals surface area contributed by atoms with Gasteiger partial charge in [0.2, 0.25) is 0 Å². The zero-order valence-electron chi connectivity index (χ0n) is 16.3. The summed E-state index contributed by atoms with van der Waals surface area (Å²) in [6.07, 6.45) is 0.490. The highest BCUT2D eigenvalue weighted by Gasteiger charge is 2.16. The number of benzene rings is 2. The van der Waals surface area contributed by atoms with E-state index >= 15 is 0 Å². The molecule has 6 nitrogen and oxygen atoms in total. The number of aromatic nitrogens is 1. The van der Waals surface area contributed by atoms with Crippen LogP contribution in [0.25, 0.3) is 10.6 Å². The maximum absolute atomic E-state index is 13.6. The van der Waals surface area contributed by atoms with Crippen LogP contribution >= 0.6 is 11.3 Å². The number of hydrogen-bond acceptors (Lipinski definition) is 5. The topological polar surface area (TPSA) is 80.3 Å². The summed E-state index contributed by atoms with van der Waals surface area (Å²) in [4.78, 5) is 29.4. The van der Waals surface area contributed by atoms with Crippen LogP contribution in [0, 0.1) is 18.6 Å². The lowest BCUT2D eigenvalue weighted by atomic mass is 10.2. The van der Waals surface area contributed by atoms with Gasteiger partial charge in [-0.1, -0.05) is 0 Å². The summed E-state index contributed by atoms with van der Waals surface area (Å²) in [6.45, 7) is 2.09. The second kappa shape index (κ2) is 9.45. The number of halogens is 2. The Kier molecular flexibility index (Phi) is 6.73. The molecule has 0 saturated heterocycles. The van der Waals surface area contributed by atoms with Crippen LogP contribution < -0.4 is 15.4 Å². The monoisotopic (exact) mass is 431 g/mol. The van der Waals surface area contributed by atoms with Crippen LogP contribution in [-0.2, 0) is 16.0 Å². The number of ether oxygens (including phenoxy) is 1. The van der Waals surface area contributed by atoms with Gasteiger partial charge in [-0.3, -0.25) is 9.59 Å². The summed E-state index contributed by atoms with van der Waals surface area (Å²) in [7, 11) is 1.60. The zero-order valence-corrected chi connectivity index (χ0v) is 17.1. The van der Waals surface area contributed by atoms with Gasteiger partial charge in [0.15, 0.2) is 0 Å². The minimum atomic E-state index is -1.03. The fraction of sp³-hybridized carbons (Fsp3) is 0.190. The molecular formula is C21H19F2N3O3S. The number of rotatable bonds is 6. The molecule has 2 amide bonds. The number of nitrogens with one attached hydrogen (secondary N) is 2. The molecule has 0 unspecified atom stereocenters. The number of carbonyl (C=O) groups excluding carboxylic acids is 2. The van der Waals surface area contributed by atoms with E-state index in [1.54, 1.807) is 7.11 Å². The molecule has 0 saturated carbocycles. The lowest BCUT2D eigenvalue weighted by Gasteiger charge is -2.07. The predicted molar refractivity (Wildman–Crippen MR) is 111 cm³/mol. The second-order valence-electron chi connectivity index (χ2n) is 6.34. The first kappa shape index (κ1) is 21.4. The first-order chi connectivity index (χ1) is 14.4. The third kappa shape index (κ3) is 5.18. The van der Waals surface area contributed by atoms with Gasteiger partial charge in [0.05, 0.1) is 18.5 Å². The molecule has 0 radical (unpaired) electrons. The number of anilines is 1. The summed E-state index contributed by atoms with van der Waals surface area (Å²) in [6, 6.07) is 10.2. The van der Waals surface area contributed by atoms with Gasteiger partial charge in [-0.05, 0) is 43.3 Å². The number of amides is 2. The van der Waals surface area contributed by atoms with Gasteiger partial charge >= 0.3 is 11.8 Å². The minimum absolute atomic E-state index is 0.212. The fourth-order valence-electron chi connectivity index (χ4n) is 2.66. The second-order valence-corrected chi connectivity index (χ2v) is 7.42. The Balaban J connectivity index is 1.54. The van der Waals surface area contributed by atoms with Gasteiger partial charge in [0.25, 0.3) is 0 Å². The lowest BCUT2D eigenvalue weighted by Crippen LogP contribution is -2.36. The van der Waals surface area contributed by atoms with Crippen LogP contribution in [0.4, 0.5) is 14.5 Å². The Morgan fingerprint density at radius 3 is 2.50 bits per heavy atom. The van der Waals surface area contributed by atoms with Crippen molar-refractivity contribution in [3.05, 3.63) is 64.7 Å². The molecule has 3 aromatic rings. The first-order valence-electron chi connectivity index (χ1n) is 9.02. The molecule has 1 aromatic heterocycles. The average Bonchev–Trinajstić information content (AvgIpc) is 3.10. The Morgan fingerprint density at radius 1 is 1.10 bits per heavy atom. The van der Waals surface area contributed by atoms with Crippen molar-refractivity contribution >= 4 is 28.8 Å². The SMILES string of the molecule is COc1ccc(-c2nc(C)c(CCNC(=O)C(=O)Nc3ccc(F)cc3F)s2)cc1. The Morgan fingerprint density at radius 2 is 1.83 bits per heavy atom. The molecule has 0 atom stereocenters. The summed E-state index contributed by atoms with van der Waals surface area (Å²) < 4.78 is 31.6. The third-order valence-electron chi connectivity index (χ3n) is 4.25. The maximum Gasteiger partial charge on any atom is 0.313 e. The summed E-state index contributed by atoms with van der Waals surface area (Å²) in [5.74, 6) is -2.91. The molecule has 1 heterocycles. The van der Waals surface area contributed by atoms with E-state index in [4.69, 9.17) is 4.74 Å². The highest BCUT2D eigenvalue weighted by atomic mass is 32.1. The fourth-order valence-corrected chi connectivity index (χ4v) is 3.72. The van der Waals surface area contributed by atoms with E-state index in [-0.39, 0.29) is 12.2 Å². The van der Waals surface area contributed by atoms with Crippen molar-refractivity contribution in [3.63, 3.8) is 0 Å². The van der Waals surface area contributed by atoms with Crippen molar-refractivity contribution in [2.45, 2.75) is 13.3 Å². The minimum Gasteiger partial charge on any atom is -0.497 e. The first-order valence-corrected chi connectivity index (χ1v) is 9.84. The van der Waals surface area contributed by atoms with Crippen LogP contribution in [0.5, 0.6) is 5.75 Å². The molecular weight excluding hydrogens is 412 g/mol. The van der Waals surface area contributed by atoms with E-state index < -0.39 is 23.4 Å². The van der Waals surface area contributed by atoms with Crippen molar-refractivity contribution in [1.29, 1.82) is 0 Å². The van der Waals surface area contributed by atoms with Crippen molar-refractivity contribution in [1.82, 2.24) is 10.3 Å². The Bertz CT molecular complexity index is 1070. The van der Waals surface area contributed by atoms with Crippen LogP contribution in [0.15, 0.2) is 42.5 Å². The molecule has 0 fully saturated rings. The molecule has 2 aromatic carbocycles. The van der Waals surface area contributed by atoms with Crippen molar-refractivity contribution in [2.75, 3.05) is 19.0 Å². The molecule has 9 heteroatoms.